The number of aromatic nitrogens is 3. The maximum Gasteiger partial charge on any atom is 0.231 e. The van der Waals surface area contributed by atoms with Gasteiger partial charge in [-0.3, -0.25) is 9.78 Å². The molecule has 1 amide bonds. The van der Waals surface area contributed by atoms with E-state index in [1.807, 2.05) is 50.5 Å². The van der Waals surface area contributed by atoms with Crippen LogP contribution in [0.25, 0.3) is 11.0 Å². The van der Waals surface area contributed by atoms with E-state index < -0.39 is 5.41 Å². The third kappa shape index (κ3) is 2.68. The highest BCUT2D eigenvalue weighted by Gasteiger charge is 2.43. The lowest BCUT2D eigenvalue weighted by Gasteiger charge is -2.29. The second-order valence-electron chi connectivity index (χ2n) is 7.24. The van der Waals surface area contributed by atoms with Gasteiger partial charge in [-0.1, -0.05) is 31.0 Å². The smallest absolute Gasteiger partial charge is 0.231 e. The highest BCUT2D eigenvalue weighted by Crippen LogP contribution is 2.41. The van der Waals surface area contributed by atoms with Gasteiger partial charge in [0.15, 0.2) is 0 Å². The summed E-state index contributed by atoms with van der Waals surface area (Å²) in [5.41, 5.74) is 2.58. The summed E-state index contributed by atoms with van der Waals surface area (Å²) in [6.07, 6.45) is 7.49. The Morgan fingerprint density at radius 3 is 2.65 bits per heavy atom. The number of carbonyl (C=O) groups is 1. The molecule has 0 radical (unpaired) electrons. The van der Waals surface area contributed by atoms with E-state index in [4.69, 9.17) is 4.98 Å². The Labute approximate surface area is 153 Å². The quantitative estimate of drug-likeness (QED) is 0.783. The van der Waals surface area contributed by atoms with Crippen LogP contribution < -0.4 is 5.32 Å². The number of hydrogen-bond donors (Lipinski definition) is 1. The van der Waals surface area contributed by atoms with Crippen molar-refractivity contribution in [3.63, 3.8) is 0 Å². The van der Waals surface area contributed by atoms with Crippen molar-refractivity contribution in [2.75, 3.05) is 0 Å². The van der Waals surface area contributed by atoms with Crippen molar-refractivity contribution in [3.8, 4) is 0 Å². The van der Waals surface area contributed by atoms with Gasteiger partial charge in [-0.25, -0.2) is 4.98 Å². The standard InChI is InChI=1S/C21H24N4O/c1-15(19-24-17-9-3-4-10-18(17)25(19)2)23-20(26)21(11-5-6-12-21)16-8-7-13-22-14-16/h3-4,7-10,13-15H,5-6,11-12H2,1-2H3,(H,23,26)/t15-/m0/s1. The summed E-state index contributed by atoms with van der Waals surface area (Å²) in [6.45, 7) is 2.00. The Morgan fingerprint density at radius 2 is 1.96 bits per heavy atom. The van der Waals surface area contributed by atoms with Gasteiger partial charge < -0.3 is 9.88 Å². The van der Waals surface area contributed by atoms with Gasteiger partial charge in [-0.05, 0) is 43.5 Å². The first kappa shape index (κ1) is 16.8. The van der Waals surface area contributed by atoms with E-state index in [1.54, 1.807) is 6.20 Å². The fraction of sp³-hybridized carbons (Fsp3) is 0.381. The molecule has 1 fully saturated rings. The molecule has 5 nitrogen and oxygen atoms in total. The van der Waals surface area contributed by atoms with E-state index in [0.717, 1.165) is 48.1 Å². The average Bonchev–Trinajstić information content (AvgIpc) is 3.29. The summed E-state index contributed by atoms with van der Waals surface area (Å²) < 4.78 is 2.06. The molecule has 1 N–H and O–H groups in total. The molecule has 0 aliphatic heterocycles. The molecule has 1 aliphatic rings. The number of benzene rings is 1. The summed E-state index contributed by atoms with van der Waals surface area (Å²) in [6, 6.07) is 11.8. The number of fused-ring (bicyclic) bond motifs is 1. The first-order valence-electron chi connectivity index (χ1n) is 9.25. The summed E-state index contributed by atoms with van der Waals surface area (Å²) in [5.74, 6) is 0.960. The van der Waals surface area contributed by atoms with E-state index in [2.05, 4.69) is 20.9 Å². The molecule has 0 saturated heterocycles. The predicted molar refractivity (Wildman–Crippen MR) is 102 cm³/mol. The largest absolute Gasteiger partial charge is 0.346 e. The fourth-order valence-electron chi connectivity index (χ4n) is 4.22. The zero-order valence-electron chi connectivity index (χ0n) is 15.3. The molecule has 1 saturated carbocycles. The number of rotatable bonds is 4. The van der Waals surface area contributed by atoms with Crippen LogP contribution in [0.3, 0.4) is 0 Å². The van der Waals surface area contributed by atoms with Gasteiger partial charge in [0.25, 0.3) is 0 Å². The van der Waals surface area contributed by atoms with Crippen LogP contribution in [-0.4, -0.2) is 20.4 Å². The van der Waals surface area contributed by atoms with E-state index in [1.165, 1.54) is 0 Å². The molecule has 5 heteroatoms. The van der Waals surface area contributed by atoms with Crippen molar-refractivity contribution >= 4 is 16.9 Å². The minimum Gasteiger partial charge on any atom is -0.346 e. The molecule has 1 aliphatic carbocycles. The van der Waals surface area contributed by atoms with Crippen molar-refractivity contribution in [1.29, 1.82) is 0 Å². The number of amides is 1. The Kier molecular flexibility index (Phi) is 4.23. The molecule has 26 heavy (non-hydrogen) atoms. The maximum absolute atomic E-state index is 13.3. The molecule has 2 aromatic heterocycles. The first-order valence-corrected chi connectivity index (χ1v) is 9.25. The average molecular weight is 348 g/mol. The van der Waals surface area contributed by atoms with Crippen molar-refractivity contribution in [2.45, 2.75) is 44.1 Å². The van der Waals surface area contributed by atoms with Crippen LogP contribution in [-0.2, 0) is 17.3 Å². The Balaban J connectivity index is 1.63. The van der Waals surface area contributed by atoms with Crippen LogP contribution in [0.15, 0.2) is 48.8 Å². The van der Waals surface area contributed by atoms with Gasteiger partial charge >= 0.3 is 0 Å². The third-order valence-electron chi connectivity index (χ3n) is 5.66. The molecule has 4 rings (SSSR count). The molecule has 1 aromatic carbocycles. The molecule has 3 aromatic rings. The lowest BCUT2D eigenvalue weighted by atomic mass is 9.78. The van der Waals surface area contributed by atoms with Crippen LogP contribution in [0.1, 0.15) is 50.0 Å². The number of para-hydroxylation sites is 2. The molecular weight excluding hydrogens is 324 g/mol. The number of aryl methyl sites for hydroxylation is 1. The van der Waals surface area contributed by atoms with Crippen molar-refractivity contribution in [3.05, 3.63) is 60.2 Å². The monoisotopic (exact) mass is 348 g/mol. The van der Waals surface area contributed by atoms with Crippen LogP contribution in [0.5, 0.6) is 0 Å². The van der Waals surface area contributed by atoms with E-state index in [-0.39, 0.29) is 11.9 Å². The normalized spacial score (nSPS) is 17.3. The van der Waals surface area contributed by atoms with Crippen molar-refractivity contribution in [2.24, 2.45) is 7.05 Å². The van der Waals surface area contributed by atoms with Gasteiger partial charge in [-0.2, -0.15) is 0 Å². The molecule has 1 atom stereocenters. The number of nitrogens with one attached hydrogen (secondary N) is 1. The highest BCUT2D eigenvalue weighted by atomic mass is 16.2. The van der Waals surface area contributed by atoms with E-state index >= 15 is 0 Å². The van der Waals surface area contributed by atoms with Gasteiger partial charge in [0.2, 0.25) is 5.91 Å². The second kappa shape index (κ2) is 6.56. The van der Waals surface area contributed by atoms with Gasteiger partial charge in [0, 0.05) is 19.4 Å². The number of carbonyl (C=O) groups excluding carboxylic acids is 1. The Morgan fingerprint density at radius 1 is 1.19 bits per heavy atom. The van der Waals surface area contributed by atoms with Crippen LogP contribution in [0.2, 0.25) is 0 Å². The number of hydrogen-bond acceptors (Lipinski definition) is 3. The Bertz CT molecular complexity index is 926. The molecule has 134 valence electrons. The van der Waals surface area contributed by atoms with Gasteiger partial charge in [0.05, 0.1) is 22.5 Å². The molecule has 2 heterocycles. The van der Waals surface area contributed by atoms with Crippen LogP contribution in [0.4, 0.5) is 0 Å². The minimum absolute atomic E-state index is 0.0857. The zero-order chi connectivity index (χ0) is 18.1. The maximum atomic E-state index is 13.3. The molecule has 0 spiro atoms. The lowest BCUT2D eigenvalue weighted by molar-refractivity contribution is -0.127. The molecular formula is C21H24N4O. The molecule has 0 unspecified atom stereocenters. The summed E-state index contributed by atoms with van der Waals surface area (Å²) >= 11 is 0. The number of pyridine rings is 1. The highest BCUT2D eigenvalue weighted by molar-refractivity contribution is 5.89. The SMILES string of the molecule is C[C@H](NC(=O)C1(c2cccnc2)CCCC1)c1nc2ccccc2n1C. The zero-order valence-corrected chi connectivity index (χ0v) is 15.3. The minimum atomic E-state index is -0.465. The number of nitrogens with zero attached hydrogens (tertiary/aromatic N) is 3. The van der Waals surface area contributed by atoms with Gasteiger partial charge in [-0.15, -0.1) is 0 Å². The third-order valence-corrected chi connectivity index (χ3v) is 5.66. The van der Waals surface area contributed by atoms with Crippen molar-refractivity contribution in [1.82, 2.24) is 19.9 Å². The second-order valence-corrected chi connectivity index (χ2v) is 7.24. The predicted octanol–water partition coefficient (Wildman–Crippen LogP) is 3.66. The molecule has 0 bridgehead atoms. The van der Waals surface area contributed by atoms with Crippen LogP contribution in [0, 0.1) is 0 Å². The summed E-state index contributed by atoms with van der Waals surface area (Å²) in [5, 5.41) is 3.23. The number of imidazole rings is 1. The lowest BCUT2D eigenvalue weighted by Crippen LogP contribution is -2.44. The first-order chi connectivity index (χ1) is 12.6. The van der Waals surface area contributed by atoms with Crippen LogP contribution >= 0.6 is 0 Å². The fourth-order valence-corrected chi connectivity index (χ4v) is 4.22. The van der Waals surface area contributed by atoms with Gasteiger partial charge in [0.1, 0.15) is 5.82 Å². The summed E-state index contributed by atoms with van der Waals surface area (Å²) in [7, 11) is 2.00. The summed E-state index contributed by atoms with van der Waals surface area (Å²) in [4.78, 5) is 22.3. The topological polar surface area (TPSA) is 59.8 Å². The van der Waals surface area contributed by atoms with E-state index in [9.17, 15) is 4.79 Å². The van der Waals surface area contributed by atoms with Crippen molar-refractivity contribution < 1.29 is 4.79 Å². The Hall–Kier alpha value is -2.69. The van der Waals surface area contributed by atoms with E-state index in [0.29, 0.717) is 0 Å².